The van der Waals surface area contributed by atoms with E-state index in [1.807, 2.05) is 30.3 Å². The van der Waals surface area contributed by atoms with E-state index in [2.05, 4.69) is 5.32 Å². The van der Waals surface area contributed by atoms with Gasteiger partial charge in [-0.05, 0) is 36.8 Å². The van der Waals surface area contributed by atoms with Crippen molar-refractivity contribution >= 4 is 33.4 Å². The number of benzene rings is 1. The topological polar surface area (TPSA) is 49.4 Å². The summed E-state index contributed by atoms with van der Waals surface area (Å²) in [4.78, 5) is 26.4. The van der Waals surface area contributed by atoms with Crippen molar-refractivity contribution in [2.24, 2.45) is 0 Å². The molecule has 0 radical (unpaired) electrons. The number of fused-ring (bicyclic) bond motifs is 1. The Labute approximate surface area is 121 Å². The van der Waals surface area contributed by atoms with Crippen LogP contribution in [0, 0.1) is 0 Å². The molecule has 1 aliphatic heterocycles. The minimum atomic E-state index is -0.304. The highest BCUT2D eigenvalue weighted by Crippen LogP contribution is 2.25. The van der Waals surface area contributed by atoms with Crippen LogP contribution in [0.15, 0.2) is 30.3 Å². The minimum Gasteiger partial charge on any atom is -0.324 e. The van der Waals surface area contributed by atoms with Crippen LogP contribution in [0.1, 0.15) is 28.9 Å². The van der Waals surface area contributed by atoms with E-state index in [9.17, 15) is 9.59 Å². The molecule has 0 bridgehead atoms. The van der Waals surface area contributed by atoms with Gasteiger partial charge in [-0.2, -0.15) is 0 Å². The second kappa shape index (κ2) is 5.63. The molecule has 0 unspecified atom stereocenters. The summed E-state index contributed by atoms with van der Waals surface area (Å²) >= 11 is 1.41. The molecule has 5 heteroatoms. The molecule has 1 saturated heterocycles. The van der Waals surface area contributed by atoms with Gasteiger partial charge in [0.1, 0.15) is 0 Å². The summed E-state index contributed by atoms with van der Waals surface area (Å²) in [6.45, 7) is 1.48. The third-order valence-corrected chi connectivity index (χ3v) is 4.63. The maximum atomic E-state index is 12.1. The molecule has 1 aromatic carbocycles. The summed E-state index contributed by atoms with van der Waals surface area (Å²) in [6, 6.07) is 9.39. The Hall–Kier alpha value is -1.88. The van der Waals surface area contributed by atoms with Crippen LogP contribution in [0.2, 0.25) is 0 Å². The highest BCUT2D eigenvalue weighted by molar-refractivity contribution is 7.20. The van der Waals surface area contributed by atoms with E-state index >= 15 is 0 Å². The Kier molecular flexibility index (Phi) is 3.69. The lowest BCUT2D eigenvalue weighted by Gasteiger charge is -2.26. The molecular weight excluding hydrogens is 272 g/mol. The number of hydrogen-bond acceptors (Lipinski definition) is 3. The first-order valence-electron chi connectivity index (χ1n) is 6.83. The molecule has 3 rings (SSSR count). The van der Waals surface area contributed by atoms with Crippen molar-refractivity contribution in [1.82, 2.24) is 10.2 Å². The summed E-state index contributed by atoms with van der Waals surface area (Å²) in [5.41, 5.74) is 0. The average Bonchev–Trinajstić information content (AvgIpc) is 2.92. The van der Waals surface area contributed by atoms with Gasteiger partial charge >= 0.3 is 6.03 Å². The number of nitrogens with one attached hydrogen (secondary N) is 1. The number of nitrogens with zero attached hydrogens (tertiary/aromatic N) is 1. The predicted octanol–water partition coefficient (Wildman–Crippen LogP) is 3.24. The van der Waals surface area contributed by atoms with Gasteiger partial charge in [-0.15, -0.1) is 11.3 Å². The molecule has 104 valence electrons. The van der Waals surface area contributed by atoms with Crippen molar-refractivity contribution in [3.63, 3.8) is 0 Å². The van der Waals surface area contributed by atoms with E-state index in [-0.39, 0.29) is 11.9 Å². The van der Waals surface area contributed by atoms with E-state index in [0.717, 1.165) is 42.4 Å². The van der Waals surface area contributed by atoms with E-state index in [0.29, 0.717) is 4.88 Å². The van der Waals surface area contributed by atoms with Crippen LogP contribution < -0.4 is 5.32 Å². The Bertz CT molecular complexity index is 611. The number of amides is 3. The predicted molar refractivity (Wildman–Crippen MR) is 80.1 cm³/mol. The second-order valence-electron chi connectivity index (χ2n) is 4.96. The minimum absolute atomic E-state index is 0.271. The number of carbonyl (C=O) groups is 2. The fraction of sp³-hybridized carbons (Fsp3) is 0.333. The Morgan fingerprint density at radius 1 is 1.10 bits per heavy atom. The first kappa shape index (κ1) is 13.1. The van der Waals surface area contributed by atoms with Crippen LogP contribution in [-0.2, 0) is 0 Å². The third-order valence-electron chi connectivity index (χ3n) is 3.51. The van der Waals surface area contributed by atoms with Gasteiger partial charge in [0.2, 0.25) is 0 Å². The number of carbonyl (C=O) groups excluding carboxylic acids is 2. The third kappa shape index (κ3) is 2.67. The van der Waals surface area contributed by atoms with Crippen molar-refractivity contribution in [3.05, 3.63) is 35.2 Å². The largest absolute Gasteiger partial charge is 0.324 e. The fourth-order valence-electron chi connectivity index (χ4n) is 2.43. The molecule has 0 atom stereocenters. The molecule has 20 heavy (non-hydrogen) atoms. The number of piperidine rings is 1. The van der Waals surface area contributed by atoms with Gasteiger partial charge in [0, 0.05) is 17.8 Å². The number of likely N-dealkylation sites (tertiary alicyclic amines) is 1. The van der Waals surface area contributed by atoms with Crippen molar-refractivity contribution in [2.45, 2.75) is 19.3 Å². The number of urea groups is 1. The summed E-state index contributed by atoms with van der Waals surface area (Å²) in [5, 5.41) is 3.52. The van der Waals surface area contributed by atoms with Gasteiger partial charge in [0.25, 0.3) is 5.91 Å². The first-order chi connectivity index (χ1) is 9.74. The van der Waals surface area contributed by atoms with E-state index in [1.165, 1.54) is 11.3 Å². The monoisotopic (exact) mass is 288 g/mol. The van der Waals surface area contributed by atoms with Crippen LogP contribution in [-0.4, -0.2) is 29.9 Å². The fourth-order valence-corrected chi connectivity index (χ4v) is 3.39. The zero-order chi connectivity index (χ0) is 13.9. The summed E-state index contributed by atoms with van der Waals surface area (Å²) in [7, 11) is 0. The van der Waals surface area contributed by atoms with Crippen LogP contribution in [0.3, 0.4) is 0 Å². The zero-order valence-electron chi connectivity index (χ0n) is 11.1. The smallest absolute Gasteiger partial charge is 0.324 e. The molecule has 1 aromatic heterocycles. The summed E-state index contributed by atoms with van der Waals surface area (Å²) < 4.78 is 1.06. The van der Waals surface area contributed by atoms with Gasteiger partial charge in [-0.3, -0.25) is 10.1 Å². The van der Waals surface area contributed by atoms with Gasteiger partial charge in [-0.1, -0.05) is 18.2 Å². The van der Waals surface area contributed by atoms with E-state index in [1.54, 1.807) is 4.90 Å². The molecule has 1 N–H and O–H groups in total. The second-order valence-corrected chi connectivity index (χ2v) is 6.04. The van der Waals surface area contributed by atoms with E-state index < -0.39 is 0 Å². The molecule has 4 nitrogen and oxygen atoms in total. The number of thiophene rings is 1. The lowest BCUT2D eigenvalue weighted by Crippen LogP contribution is -2.44. The van der Waals surface area contributed by atoms with Crippen LogP contribution >= 0.6 is 11.3 Å². The summed E-state index contributed by atoms with van der Waals surface area (Å²) in [5.74, 6) is -0.304. The zero-order valence-corrected chi connectivity index (χ0v) is 11.9. The average molecular weight is 288 g/mol. The van der Waals surface area contributed by atoms with Crippen molar-refractivity contribution in [1.29, 1.82) is 0 Å². The van der Waals surface area contributed by atoms with Gasteiger partial charge in [-0.25, -0.2) is 4.79 Å². The van der Waals surface area contributed by atoms with Crippen molar-refractivity contribution in [3.8, 4) is 0 Å². The molecule has 0 spiro atoms. The van der Waals surface area contributed by atoms with Crippen molar-refractivity contribution < 1.29 is 9.59 Å². The van der Waals surface area contributed by atoms with Crippen LogP contribution in [0.4, 0.5) is 4.79 Å². The van der Waals surface area contributed by atoms with Crippen molar-refractivity contribution in [2.75, 3.05) is 13.1 Å². The highest BCUT2D eigenvalue weighted by Gasteiger charge is 2.20. The molecule has 0 aliphatic carbocycles. The first-order valence-corrected chi connectivity index (χ1v) is 7.64. The molecule has 2 aromatic rings. The maximum Gasteiger partial charge on any atom is 0.324 e. The Balaban J connectivity index is 1.70. The SMILES string of the molecule is O=C(NC(=O)N1CCCCC1)c1cc2ccccc2s1. The molecule has 1 aliphatic rings. The quantitative estimate of drug-likeness (QED) is 0.875. The highest BCUT2D eigenvalue weighted by atomic mass is 32.1. The summed E-state index contributed by atoms with van der Waals surface area (Å²) in [6.07, 6.45) is 3.20. The van der Waals surface area contributed by atoms with E-state index in [4.69, 9.17) is 0 Å². The van der Waals surface area contributed by atoms with Gasteiger partial charge in [0.15, 0.2) is 0 Å². The number of hydrogen-bond donors (Lipinski definition) is 1. The van der Waals surface area contributed by atoms with Gasteiger partial charge < -0.3 is 4.90 Å². The lowest BCUT2D eigenvalue weighted by molar-refractivity contribution is 0.0953. The molecule has 1 fully saturated rings. The number of rotatable bonds is 1. The standard InChI is InChI=1S/C15H16N2O2S/c18-14(16-15(19)17-8-4-1-5-9-17)13-10-11-6-2-3-7-12(11)20-13/h2-3,6-7,10H,1,4-5,8-9H2,(H,16,18,19). The molecule has 0 saturated carbocycles. The normalized spacial score (nSPS) is 15.3. The lowest BCUT2D eigenvalue weighted by atomic mass is 10.1. The molecule has 2 heterocycles. The van der Waals surface area contributed by atoms with Crippen LogP contribution in [0.5, 0.6) is 0 Å². The Morgan fingerprint density at radius 2 is 1.85 bits per heavy atom. The van der Waals surface area contributed by atoms with Gasteiger partial charge in [0.05, 0.1) is 4.88 Å². The maximum absolute atomic E-state index is 12.1. The van der Waals surface area contributed by atoms with Crippen LogP contribution in [0.25, 0.3) is 10.1 Å². The Morgan fingerprint density at radius 3 is 2.60 bits per heavy atom. The molecular formula is C15H16N2O2S. The number of imide groups is 1. The molecule has 3 amide bonds.